The standard InChI is InChI=1S/C18H21ClN6/c19-13-4-1-5-14(9-13)22-18-23-16-15(6-7-21-16)17(24-18)25-8-2-3-12(10-20)11-25/h1,4-7,9,12H,2-3,8,10-11,20H2,(H2,21,22,23,24). The minimum absolute atomic E-state index is 0.516. The van der Waals surface area contributed by atoms with Gasteiger partial charge in [0.2, 0.25) is 5.95 Å². The Morgan fingerprint density at radius 3 is 3.08 bits per heavy atom. The Morgan fingerprint density at radius 1 is 1.32 bits per heavy atom. The molecule has 0 bridgehead atoms. The van der Waals surface area contributed by atoms with Gasteiger partial charge in [-0.05, 0) is 49.6 Å². The Labute approximate surface area is 151 Å². The smallest absolute Gasteiger partial charge is 0.231 e. The van der Waals surface area contributed by atoms with Gasteiger partial charge in [-0.25, -0.2) is 0 Å². The lowest BCUT2D eigenvalue weighted by Crippen LogP contribution is -2.39. The fraction of sp³-hybridized carbons (Fsp3) is 0.333. The van der Waals surface area contributed by atoms with Gasteiger partial charge in [0.25, 0.3) is 0 Å². The van der Waals surface area contributed by atoms with Crippen molar-refractivity contribution in [1.82, 2.24) is 15.0 Å². The monoisotopic (exact) mass is 356 g/mol. The van der Waals surface area contributed by atoms with Gasteiger partial charge < -0.3 is 20.9 Å². The van der Waals surface area contributed by atoms with Crippen LogP contribution in [-0.4, -0.2) is 34.6 Å². The van der Waals surface area contributed by atoms with Crippen LogP contribution in [0.15, 0.2) is 36.5 Å². The van der Waals surface area contributed by atoms with Crippen LogP contribution in [0.1, 0.15) is 12.8 Å². The molecule has 130 valence electrons. The predicted octanol–water partition coefficient (Wildman–Crippen LogP) is 3.53. The zero-order valence-electron chi connectivity index (χ0n) is 13.9. The first kappa shape index (κ1) is 16.2. The van der Waals surface area contributed by atoms with E-state index < -0.39 is 0 Å². The molecule has 0 spiro atoms. The number of benzene rings is 1. The van der Waals surface area contributed by atoms with E-state index in [1.54, 1.807) is 0 Å². The van der Waals surface area contributed by atoms with Crippen LogP contribution in [0, 0.1) is 5.92 Å². The van der Waals surface area contributed by atoms with Crippen molar-refractivity contribution >= 4 is 40.1 Å². The van der Waals surface area contributed by atoms with Gasteiger partial charge in [-0.15, -0.1) is 0 Å². The van der Waals surface area contributed by atoms with Crippen molar-refractivity contribution in [2.24, 2.45) is 11.7 Å². The lowest BCUT2D eigenvalue weighted by Gasteiger charge is -2.33. The molecule has 0 radical (unpaired) electrons. The second-order valence-corrected chi connectivity index (χ2v) is 6.87. The summed E-state index contributed by atoms with van der Waals surface area (Å²) in [6.07, 6.45) is 4.22. The first-order chi connectivity index (χ1) is 12.2. The first-order valence-electron chi connectivity index (χ1n) is 8.55. The van der Waals surface area contributed by atoms with Crippen molar-refractivity contribution in [3.05, 3.63) is 41.6 Å². The molecule has 3 heterocycles. The summed E-state index contributed by atoms with van der Waals surface area (Å²) in [4.78, 5) is 14.9. The third kappa shape index (κ3) is 3.41. The van der Waals surface area contributed by atoms with Crippen LogP contribution in [0.3, 0.4) is 0 Å². The maximum absolute atomic E-state index is 6.07. The lowest BCUT2D eigenvalue weighted by atomic mass is 9.98. The minimum Gasteiger partial charge on any atom is -0.356 e. The normalized spacial score (nSPS) is 17.8. The van der Waals surface area contributed by atoms with Gasteiger partial charge in [-0.3, -0.25) is 0 Å². The van der Waals surface area contributed by atoms with Gasteiger partial charge in [0.05, 0.1) is 5.39 Å². The van der Waals surface area contributed by atoms with Crippen molar-refractivity contribution in [3.63, 3.8) is 0 Å². The summed E-state index contributed by atoms with van der Waals surface area (Å²) in [6.45, 7) is 2.64. The Hall–Kier alpha value is -2.31. The number of halogens is 1. The van der Waals surface area contributed by atoms with E-state index in [0.717, 1.165) is 42.0 Å². The number of rotatable bonds is 4. The number of aromatic amines is 1. The summed E-state index contributed by atoms with van der Waals surface area (Å²) in [5.74, 6) is 2.03. The number of fused-ring (bicyclic) bond motifs is 1. The fourth-order valence-electron chi connectivity index (χ4n) is 3.37. The largest absolute Gasteiger partial charge is 0.356 e. The number of anilines is 3. The number of nitrogens with two attached hydrogens (primary N) is 1. The second kappa shape index (κ2) is 6.90. The highest BCUT2D eigenvalue weighted by atomic mass is 35.5. The maximum Gasteiger partial charge on any atom is 0.231 e. The molecule has 0 aliphatic carbocycles. The molecular formula is C18H21ClN6. The van der Waals surface area contributed by atoms with Gasteiger partial charge >= 0.3 is 0 Å². The molecule has 7 heteroatoms. The summed E-state index contributed by atoms with van der Waals surface area (Å²) in [7, 11) is 0. The van der Waals surface area contributed by atoms with Crippen LogP contribution in [0.2, 0.25) is 5.02 Å². The van der Waals surface area contributed by atoms with Crippen LogP contribution in [0.25, 0.3) is 11.0 Å². The van der Waals surface area contributed by atoms with Gasteiger partial charge in [-0.1, -0.05) is 17.7 Å². The third-order valence-corrected chi connectivity index (χ3v) is 4.86. The van der Waals surface area contributed by atoms with Crippen molar-refractivity contribution < 1.29 is 0 Å². The van der Waals surface area contributed by atoms with Gasteiger partial charge in [0, 0.05) is 30.0 Å². The molecule has 1 saturated heterocycles. The topological polar surface area (TPSA) is 82.9 Å². The molecule has 0 amide bonds. The lowest BCUT2D eigenvalue weighted by molar-refractivity contribution is 0.422. The highest BCUT2D eigenvalue weighted by Gasteiger charge is 2.22. The molecule has 1 fully saturated rings. The molecule has 2 aromatic heterocycles. The van der Waals surface area contributed by atoms with Crippen molar-refractivity contribution in [1.29, 1.82) is 0 Å². The summed E-state index contributed by atoms with van der Waals surface area (Å²) < 4.78 is 0. The quantitative estimate of drug-likeness (QED) is 0.666. The minimum atomic E-state index is 0.516. The van der Waals surface area contributed by atoms with Crippen LogP contribution < -0.4 is 16.0 Å². The molecule has 1 aliphatic rings. The van der Waals surface area contributed by atoms with Gasteiger partial charge in [0.1, 0.15) is 11.5 Å². The van der Waals surface area contributed by atoms with E-state index in [4.69, 9.17) is 22.3 Å². The van der Waals surface area contributed by atoms with E-state index in [0.29, 0.717) is 23.4 Å². The Bertz CT molecular complexity index is 877. The molecule has 25 heavy (non-hydrogen) atoms. The molecule has 4 rings (SSSR count). The molecule has 6 nitrogen and oxygen atoms in total. The maximum atomic E-state index is 6.07. The Morgan fingerprint density at radius 2 is 2.24 bits per heavy atom. The molecular weight excluding hydrogens is 336 g/mol. The van der Waals surface area contributed by atoms with E-state index >= 15 is 0 Å². The number of nitrogens with one attached hydrogen (secondary N) is 2. The fourth-order valence-corrected chi connectivity index (χ4v) is 3.56. The number of hydrogen-bond acceptors (Lipinski definition) is 5. The van der Waals surface area contributed by atoms with Crippen LogP contribution in [-0.2, 0) is 0 Å². The first-order valence-corrected chi connectivity index (χ1v) is 8.93. The number of aromatic nitrogens is 3. The van der Waals surface area contributed by atoms with E-state index in [-0.39, 0.29) is 0 Å². The highest BCUT2D eigenvalue weighted by molar-refractivity contribution is 6.30. The predicted molar refractivity (Wildman–Crippen MR) is 103 cm³/mol. The zero-order chi connectivity index (χ0) is 17.2. The van der Waals surface area contributed by atoms with Crippen molar-refractivity contribution in [2.45, 2.75) is 12.8 Å². The van der Waals surface area contributed by atoms with Crippen LogP contribution in [0.4, 0.5) is 17.5 Å². The molecule has 1 aliphatic heterocycles. The summed E-state index contributed by atoms with van der Waals surface area (Å²) in [6, 6.07) is 9.57. The SMILES string of the molecule is NCC1CCCN(c2nc(Nc3cccc(Cl)c3)nc3[nH]ccc23)C1. The third-order valence-electron chi connectivity index (χ3n) is 4.63. The number of piperidine rings is 1. The number of hydrogen-bond donors (Lipinski definition) is 3. The Balaban J connectivity index is 1.69. The van der Waals surface area contributed by atoms with Crippen LogP contribution >= 0.6 is 11.6 Å². The molecule has 0 saturated carbocycles. The number of nitrogens with zero attached hydrogens (tertiary/aromatic N) is 3. The van der Waals surface area contributed by atoms with E-state index in [2.05, 4.69) is 20.2 Å². The van der Waals surface area contributed by atoms with Gasteiger partial charge in [0.15, 0.2) is 0 Å². The molecule has 1 aromatic carbocycles. The van der Waals surface area contributed by atoms with Crippen molar-refractivity contribution in [2.75, 3.05) is 29.9 Å². The number of H-pyrrole nitrogens is 1. The van der Waals surface area contributed by atoms with E-state index in [1.165, 1.54) is 6.42 Å². The molecule has 1 unspecified atom stereocenters. The van der Waals surface area contributed by atoms with Crippen LogP contribution in [0.5, 0.6) is 0 Å². The molecule has 3 aromatic rings. The average Bonchev–Trinajstić information content (AvgIpc) is 3.09. The average molecular weight is 357 g/mol. The zero-order valence-corrected chi connectivity index (χ0v) is 14.6. The molecule has 4 N–H and O–H groups in total. The molecule has 1 atom stereocenters. The van der Waals surface area contributed by atoms with Crippen molar-refractivity contribution in [3.8, 4) is 0 Å². The van der Waals surface area contributed by atoms with Gasteiger partial charge in [-0.2, -0.15) is 9.97 Å². The summed E-state index contributed by atoms with van der Waals surface area (Å²) >= 11 is 6.07. The second-order valence-electron chi connectivity index (χ2n) is 6.44. The van der Waals surface area contributed by atoms with E-state index in [1.807, 2.05) is 36.5 Å². The van der Waals surface area contributed by atoms with E-state index in [9.17, 15) is 0 Å². The highest BCUT2D eigenvalue weighted by Crippen LogP contribution is 2.29. The Kier molecular flexibility index (Phi) is 4.46. The summed E-state index contributed by atoms with van der Waals surface area (Å²) in [5.41, 5.74) is 7.58. The summed E-state index contributed by atoms with van der Waals surface area (Å²) in [5, 5.41) is 4.96.